The Morgan fingerprint density at radius 2 is 1.83 bits per heavy atom. The maximum atomic E-state index is 13.6. The maximum absolute atomic E-state index is 13.6. The quantitative estimate of drug-likeness (QED) is 0.546. The van der Waals surface area contributed by atoms with E-state index in [0.717, 1.165) is 6.20 Å². The van der Waals surface area contributed by atoms with Gasteiger partial charge in [-0.15, -0.1) is 0 Å². The fourth-order valence-corrected chi connectivity index (χ4v) is 2.77. The molecule has 5 nitrogen and oxygen atoms in total. The van der Waals surface area contributed by atoms with E-state index >= 15 is 0 Å². The van der Waals surface area contributed by atoms with Crippen LogP contribution in [0.25, 0.3) is 11.3 Å². The predicted molar refractivity (Wildman–Crippen MR) is 104 cm³/mol. The van der Waals surface area contributed by atoms with Gasteiger partial charge in [0.2, 0.25) is 0 Å². The summed E-state index contributed by atoms with van der Waals surface area (Å²) in [5.41, 5.74) is 0.571. The van der Waals surface area contributed by atoms with E-state index in [2.05, 4.69) is 17.0 Å². The second-order valence-corrected chi connectivity index (χ2v) is 6.52. The van der Waals surface area contributed by atoms with Crippen LogP contribution in [0.2, 0.25) is 5.02 Å². The van der Waals surface area contributed by atoms with Gasteiger partial charge in [-0.05, 0) is 42.8 Å². The molecule has 2 aromatic carbocycles. The molecule has 0 saturated carbocycles. The van der Waals surface area contributed by atoms with Crippen LogP contribution in [-0.4, -0.2) is 15.9 Å². The van der Waals surface area contributed by atoms with Crippen LogP contribution in [0.15, 0.2) is 61.3 Å². The molecule has 0 aliphatic heterocycles. The molecule has 1 amide bonds. The number of aromatic nitrogens is 2. The summed E-state index contributed by atoms with van der Waals surface area (Å²) in [5, 5.41) is 6.52. The lowest BCUT2D eigenvalue weighted by Gasteiger charge is -2.14. The molecule has 0 spiro atoms. The van der Waals surface area contributed by atoms with Crippen molar-refractivity contribution in [3.63, 3.8) is 0 Å². The fourth-order valence-electron chi connectivity index (χ4n) is 2.65. The average Bonchev–Trinajstić information content (AvgIpc) is 3.06. The molecule has 0 aliphatic carbocycles. The van der Waals surface area contributed by atoms with Crippen molar-refractivity contribution >= 4 is 29.0 Å². The molecular formula is C20H15ClF3N3O2. The molecule has 0 fully saturated rings. The van der Waals surface area contributed by atoms with Crippen molar-refractivity contribution in [2.45, 2.75) is 13.1 Å². The zero-order valence-electron chi connectivity index (χ0n) is 15.1. The van der Waals surface area contributed by atoms with Crippen LogP contribution in [0, 0.1) is 0 Å². The predicted octanol–water partition coefficient (Wildman–Crippen LogP) is 6.19. The van der Waals surface area contributed by atoms with E-state index in [1.165, 1.54) is 24.3 Å². The number of amides is 1. The molecule has 3 aromatic rings. The second-order valence-electron chi connectivity index (χ2n) is 6.08. The van der Waals surface area contributed by atoms with Crippen LogP contribution in [0.3, 0.4) is 0 Å². The van der Waals surface area contributed by atoms with Gasteiger partial charge in [0.05, 0.1) is 17.6 Å². The number of hydrogen-bond donors (Lipinski definition) is 1. The number of carbonyl (C=O) groups excluding carboxylic acids is 1. The summed E-state index contributed by atoms with van der Waals surface area (Å²) < 4.78 is 46.5. The molecule has 29 heavy (non-hydrogen) atoms. The number of alkyl halides is 3. The molecular weight excluding hydrogens is 407 g/mol. The number of rotatable bonds is 4. The van der Waals surface area contributed by atoms with Crippen molar-refractivity contribution in [1.82, 2.24) is 9.78 Å². The number of halogens is 4. The molecule has 0 atom stereocenters. The van der Waals surface area contributed by atoms with Gasteiger partial charge in [-0.1, -0.05) is 36.4 Å². The van der Waals surface area contributed by atoms with E-state index in [0.29, 0.717) is 26.5 Å². The van der Waals surface area contributed by atoms with Gasteiger partial charge in [0, 0.05) is 10.6 Å². The molecule has 0 bridgehead atoms. The van der Waals surface area contributed by atoms with E-state index in [9.17, 15) is 18.0 Å². The van der Waals surface area contributed by atoms with Gasteiger partial charge in [0.25, 0.3) is 0 Å². The summed E-state index contributed by atoms with van der Waals surface area (Å²) in [7, 11) is 0. The fraction of sp³-hybridized carbons (Fsp3) is 0.100. The Morgan fingerprint density at radius 1 is 1.17 bits per heavy atom. The highest BCUT2D eigenvalue weighted by molar-refractivity contribution is 6.30. The van der Waals surface area contributed by atoms with Gasteiger partial charge >= 0.3 is 12.3 Å². The minimum absolute atomic E-state index is 0.115. The molecule has 0 unspecified atom stereocenters. The van der Waals surface area contributed by atoms with Crippen LogP contribution in [0.5, 0.6) is 5.75 Å². The first kappa shape index (κ1) is 20.5. The summed E-state index contributed by atoms with van der Waals surface area (Å²) in [5.74, 6) is -0.724. The largest absolute Gasteiger partial charge is 0.437 e. The van der Waals surface area contributed by atoms with Crippen molar-refractivity contribution in [2.24, 2.45) is 0 Å². The van der Waals surface area contributed by atoms with Crippen LogP contribution in [0.1, 0.15) is 18.2 Å². The monoisotopic (exact) mass is 421 g/mol. The number of carbonyl (C=O) groups is 1. The highest BCUT2D eigenvalue weighted by Gasteiger charge is 2.40. The Hall–Kier alpha value is -3.26. The van der Waals surface area contributed by atoms with Crippen molar-refractivity contribution < 1.29 is 22.7 Å². The Labute approximate surface area is 169 Å². The summed E-state index contributed by atoms with van der Waals surface area (Å²) >= 11 is 5.78. The van der Waals surface area contributed by atoms with Crippen molar-refractivity contribution in [3.05, 3.63) is 77.6 Å². The Balaban J connectivity index is 1.91. The molecule has 0 saturated heterocycles. The highest BCUT2D eigenvalue weighted by Crippen LogP contribution is 2.38. The van der Waals surface area contributed by atoms with E-state index in [-0.39, 0.29) is 5.69 Å². The van der Waals surface area contributed by atoms with Crippen LogP contribution >= 0.6 is 11.6 Å². The minimum atomic E-state index is -4.82. The molecule has 1 N–H and O–H groups in total. The SMILES string of the molecule is C=C(C)c1ccccc1NC(=O)Oc1cnn(-c2ccc(Cl)cc2)c1C(F)(F)F. The molecule has 0 radical (unpaired) electrons. The van der Waals surface area contributed by atoms with Crippen molar-refractivity contribution in [1.29, 1.82) is 0 Å². The second kappa shape index (κ2) is 8.00. The number of nitrogens with one attached hydrogen (secondary N) is 1. The number of allylic oxidation sites excluding steroid dienone is 1. The van der Waals surface area contributed by atoms with Gasteiger partial charge in [-0.3, -0.25) is 5.32 Å². The lowest BCUT2D eigenvalue weighted by molar-refractivity contribution is -0.143. The summed E-state index contributed by atoms with van der Waals surface area (Å²) in [6.45, 7) is 5.54. The third kappa shape index (κ3) is 4.60. The Kier molecular flexibility index (Phi) is 5.65. The smallest absolute Gasteiger partial charge is 0.406 e. The normalized spacial score (nSPS) is 11.2. The highest BCUT2D eigenvalue weighted by atomic mass is 35.5. The first-order chi connectivity index (χ1) is 13.7. The van der Waals surface area contributed by atoms with E-state index in [1.54, 1.807) is 31.2 Å². The van der Waals surface area contributed by atoms with Crippen molar-refractivity contribution in [3.8, 4) is 11.4 Å². The van der Waals surface area contributed by atoms with Crippen LogP contribution in [0.4, 0.5) is 23.7 Å². The standard InChI is InChI=1S/C20H15ClF3N3O2/c1-12(2)15-5-3-4-6-16(15)26-19(28)29-17-11-25-27(18(17)20(22,23)24)14-9-7-13(21)8-10-14/h3-11H,1H2,2H3,(H,26,28). The van der Waals surface area contributed by atoms with Crippen LogP contribution in [-0.2, 0) is 6.18 Å². The van der Waals surface area contributed by atoms with Gasteiger partial charge < -0.3 is 4.74 Å². The Bertz CT molecular complexity index is 1060. The third-order valence-electron chi connectivity index (χ3n) is 3.90. The molecule has 150 valence electrons. The first-order valence-electron chi connectivity index (χ1n) is 8.31. The maximum Gasteiger partial charge on any atom is 0.437 e. The molecule has 0 aliphatic rings. The summed E-state index contributed by atoms with van der Waals surface area (Å²) in [6, 6.07) is 12.3. The van der Waals surface area contributed by atoms with Gasteiger partial charge in [0.15, 0.2) is 11.4 Å². The van der Waals surface area contributed by atoms with E-state index < -0.39 is 23.7 Å². The molecule has 9 heteroatoms. The number of benzene rings is 2. The number of para-hydroxylation sites is 1. The number of hydrogen-bond acceptors (Lipinski definition) is 3. The zero-order chi connectivity index (χ0) is 21.2. The molecule has 1 aromatic heterocycles. The third-order valence-corrected chi connectivity index (χ3v) is 4.15. The Morgan fingerprint density at radius 3 is 2.45 bits per heavy atom. The van der Waals surface area contributed by atoms with Gasteiger partial charge in [-0.25, -0.2) is 9.48 Å². The number of anilines is 1. The lowest BCUT2D eigenvalue weighted by Crippen LogP contribution is -2.20. The van der Waals surface area contributed by atoms with Crippen molar-refractivity contribution in [2.75, 3.05) is 5.32 Å². The van der Waals surface area contributed by atoms with Gasteiger partial charge in [-0.2, -0.15) is 18.3 Å². The lowest BCUT2D eigenvalue weighted by atomic mass is 10.1. The number of ether oxygens (including phenoxy) is 1. The molecule has 3 rings (SSSR count). The number of nitrogens with zero attached hydrogens (tertiary/aromatic N) is 2. The summed E-state index contributed by atoms with van der Waals surface area (Å²) in [6.07, 6.45) is -5.07. The minimum Gasteiger partial charge on any atom is -0.406 e. The topological polar surface area (TPSA) is 56.1 Å². The van der Waals surface area contributed by atoms with Gasteiger partial charge in [0.1, 0.15) is 0 Å². The zero-order valence-corrected chi connectivity index (χ0v) is 15.9. The van der Waals surface area contributed by atoms with E-state index in [4.69, 9.17) is 16.3 Å². The van der Waals surface area contributed by atoms with E-state index in [1.807, 2.05) is 0 Å². The first-order valence-corrected chi connectivity index (χ1v) is 8.69. The molecule has 1 heterocycles. The summed E-state index contributed by atoms with van der Waals surface area (Å²) in [4.78, 5) is 12.2. The average molecular weight is 422 g/mol. The van der Waals surface area contributed by atoms with Crippen LogP contribution < -0.4 is 10.1 Å².